The van der Waals surface area contributed by atoms with Crippen molar-refractivity contribution in [2.45, 2.75) is 26.3 Å². The molecule has 0 aromatic heterocycles. The van der Waals surface area contributed by atoms with Gasteiger partial charge in [-0.15, -0.1) is 0 Å². The van der Waals surface area contributed by atoms with E-state index in [0.717, 1.165) is 0 Å². The molecule has 1 atom stereocenters. The highest BCUT2D eigenvalue weighted by atomic mass is 16.4. The summed E-state index contributed by atoms with van der Waals surface area (Å²) in [5, 5.41) is 17.4. The summed E-state index contributed by atoms with van der Waals surface area (Å²) in [6, 6.07) is -0.0903. The van der Waals surface area contributed by atoms with E-state index in [9.17, 15) is 4.79 Å². The van der Waals surface area contributed by atoms with E-state index in [1.807, 2.05) is 13.8 Å². The van der Waals surface area contributed by atoms with Gasteiger partial charge in [-0.1, -0.05) is 13.8 Å². The van der Waals surface area contributed by atoms with Gasteiger partial charge in [-0.3, -0.25) is 0 Å². The smallest absolute Gasteiger partial charge is 0.407 e. The Kier molecular flexibility index (Phi) is 4.66. The van der Waals surface area contributed by atoms with E-state index in [0.29, 0.717) is 6.42 Å². The van der Waals surface area contributed by atoms with Crippen LogP contribution in [0.4, 0.5) is 4.79 Å². The highest BCUT2D eigenvalue weighted by Crippen LogP contribution is 2.12. The van der Waals surface area contributed by atoms with Gasteiger partial charge in [0.2, 0.25) is 0 Å². The number of hydrogen-bond donors (Lipinski definition) is 2. The maximum Gasteiger partial charge on any atom is 0.407 e. The van der Waals surface area contributed by atoms with Crippen molar-refractivity contribution in [3.05, 3.63) is 0 Å². The van der Waals surface area contributed by atoms with Crippen molar-refractivity contribution in [2.75, 3.05) is 13.7 Å². The first-order chi connectivity index (χ1) is 5.50. The first-order valence-corrected chi connectivity index (χ1v) is 4.07. The Balaban J connectivity index is 4.18. The van der Waals surface area contributed by atoms with Crippen molar-refractivity contribution in [1.29, 1.82) is 0 Å². The molecule has 0 rings (SSSR count). The van der Waals surface area contributed by atoms with Crippen LogP contribution in [-0.2, 0) is 0 Å². The largest absolute Gasteiger partial charge is 0.465 e. The van der Waals surface area contributed by atoms with E-state index in [1.165, 1.54) is 11.9 Å². The zero-order valence-electron chi connectivity index (χ0n) is 7.82. The third-order valence-electron chi connectivity index (χ3n) is 1.99. The lowest BCUT2D eigenvalue weighted by molar-refractivity contribution is 0.112. The van der Waals surface area contributed by atoms with Crippen molar-refractivity contribution in [1.82, 2.24) is 4.90 Å². The summed E-state index contributed by atoms with van der Waals surface area (Å²) >= 11 is 0. The molecule has 0 spiro atoms. The second-order valence-electron chi connectivity index (χ2n) is 3.22. The molecule has 2 N–H and O–H groups in total. The zero-order chi connectivity index (χ0) is 9.72. The Labute approximate surface area is 72.8 Å². The van der Waals surface area contributed by atoms with Crippen LogP contribution in [0.25, 0.3) is 0 Å². The van der Waals surface area contributed by atoms with Crippen LogP contribution in [0.15, 0.2) is 0 Å². The number of rotatable bonds is 4. The highest BCUT2D eigenvalue weighted by Gasteiger charge is 2.21. The standard InChI is InChI=1S/C8H17NO3/c1-6(2)7(4-5-10)9(3)8(11)12/h6-7,10H,4-5H2,1-3H3,(H,11,12). The Morgan fingerprint density at radius 3 is 2.25 bits per heavy atom. The Morgan fingerprint density at radius 2 is 2.00 bits per heavy atom. The number of nitrogens with zero attached hydrogens (tertiary/aromatic N) is 1. The van der Waals surface area contributed by atoms with E-state index in [4.69, 9.17) is 10.2 Å². The normalized spacial score (nSPS) is 13.1. The molecule has 0 saturated heterocycles. The van der Waals surface area contributed by atoms with Gasteiger partial charge >= 0.3 is 6.09 Å². The molecule has 0 bridgehead atoms. The minimum Gasteiger partial charge on any atom is -0.465 e. The molecule has 0 saturated carbocycles. The van der Waals surface area contributed by atoms with Gasteiger partial charge in [-0.25, -0.2) is 4.79 Å². The second-order valence-corrected chi connectivity index (χ2v) is 3.22. The molecule has 0 aliphatic carbocycles. The van der Waals surface area contributed by atoms with Crippen molar-refractivity contribution in [3.63, 3.8) is 0 Å². The quantitative estimate of drug-likeness (QED) is 0.670. The van der Waals surface area contributed by atoms with Crippen molar-refractivity contribution < 1.29 is 15.0 Å². The van der Waals surface area contributed by atoms with Gasteiger partial charge in [-0.2, -0.15) is 0 Å². The summed E-state index contributed by atoms with van der Waals surface area (Å²) in [6.07, 6.45) is -0.442. The summed E-state index contributed by atoms with van der Waals surface area (Å²) in [6.45, 7) is 3.92. The number of carbonyl (C=O) groups is 1. The number of aliphatic hydroxyl groups excluding tert-OH is 1. The van der Waals surface area contributed by atoms with Crippen molar-refractivity contribution >= 4 is 6.09 Å². The van der Waals surface area contributed by atoms with Gasteiger partial charge in [0, 0.05) is 19.7 Å². The predicted molar refractivity (Wildman–Crippen MR) is 46.1 cm³/mol. The number of amides is 1. The fourth-order valence-electron chi connectivity index (χ4n) is 1.25. The van der Waals surface area contributed by atoms with E-state index >= 15 is 0 Å². The summed E-state index contributed by atoms with van der Waals surface area (Å²) in [4.78, 5) is 11.8. The second kappa shape index (κ2) is 4.98. The number of aliphatic hydroxyl groups is 1. The lowest BCUT2D eigenvalue weighted by atomic mass is 10.0. The third-order valence-corrected chi connectivity index (χ3v) is 1.99. The molecule has 4 nitrogen and oxygen atoms in total. The van der Waals surface area contributed by atoms with Crippen LogP contribution in [0.2, 0.25) is 0 Å². The minimum absolute atomic E-state index is 0.0282. The highest BCUT2D eigenvalue weighted by molar-refractivity contribution is 5.64. The summed E-state index contributed by atoms with van der Waals surface area (Å²) < 4.78 is 0. The molecule has 0 aliphatic heterocycles. The molecule has 0 fully saturated rings. The fraction of sp³-hybridized carbons (Fsp3) is 0.875. The molecule has 0 aromatic rings. The zero-order valence-corrected chi connectivity index (χ0v) is 7.82. The van der Waals surface area contributed by atoms with Gasteiger partial charge in [0.05, 0.1) is 0 Å². The fourth-order valence-corrected chi connectivity index (χ4v) is 1.25. The van der Waals surface area contributed by atoms with E-state index in [2.05, 4.69) is 0 Å². The molecule has 0 radical (unpaired) electrons. The third kappa shape index (κ3) is 3.09. The average Bonchev–Trinajstić information content (AvgIpc) is 1.98. The van der Waals surface area contributed by atoms with Crippen molar-refractivity contribution in [3.8, 4) is 0 Å². The Hall–Kier alpha value is -0.770. The van der Waals surface area contributed by atoms with Gasteiger partial charge in [0.25, 0.3) is 0 Å². The van der Waals surface area contributed by atoms with Gasteiger partial charge in [0.15, 0.2) is 0 Å². The molecule has 72 valence electrons. The summed E-state index contributed by atoms with van der Waals surface area (Å²) in [7, 11) is 1.53. The summed E-state index contributed by atoms with van der Waals surface area (Å²) in [5.74, 6) is 0.234. The first-order valence-electron chi connectivity index (χ1n) is 4.07. The molecule has 1 amide bonds. The molecule has 0 aliphatic rings. The minimum atomic E-state index is -0.942. The van der Waals surface area contributed by atoms with Crippen LogP contribution in [-0.4, -0.2) is 40.9 Å². The molecule has 12 heavy (non-hydrogen) atoms. The summed E-state index contributed by atoms with van der Waals surface area (Å²) in [5.41, 5.74) is 0. The molecule has 0 heterocycles. The first kappa shape index (κ1) is 11.2. The van der Waals surface area contributed by atoms with Gasteiger partial charge in [0.1, 0.15) is 0 Å². The van der Waals surface area contributed by atoms with E-state index < -0.39 is 6.09 Å². The Bertz CT molecular complexity index is 147. The maximum absolute atomic E-state index is 10.6. The average molecular weight is 175 g/mol. The van der Waals surface area contributed by atoms with Crippen LogP contribution in [0, 0.1) is 5.92 Å². The monoisotopic (exact) mass is 175 g/mol. The van der Waals surface area contributed by atoms with Crippen LogP contribution < -0.4 is 0 Å². The van der Waals surface area contributed by atoms with Gasteiger partial charge < -0.3 is 15.1 Å². The SMILES string of the molecule is CC(C)C(CCO)N(C)C(=O)O. The number of carboxylic acid groups (broad SMARTS) is 1. The maximum atomic E-state index is 10.6. The van der Waals surface area contributed by atoms with Crippen LogP contribution in [0.3, 0.4) is 0 Å². The molecular weight excluding hydrogens is 158 g/mol. The van der Waals surface area contributed by atoms with E-state index in [1.54, 1.807) is 0 Å². The molecule has 0 aromatic carbocycles. The molecular formula is C8H17NO3. The van der Waals surface area contributed by atoms with E-state index in [-0.39, 0.29) is 18.6 Å². The molecule has 1 unspecified atom stereocenters. The topological polar surface area (TPSA) is 60.8 Å². The molecule has 4 heteroatoms. The van der Waals surface area contributed by atoms with Crippen LogP contribution >= 0.6 is 0 Å². The Morgan fingerprint density at radius 1 is 1.50 bits per heavy atom. The van der Waals surface area contributed by atoms with Crippen molar-refractivity contribution in [2.24, 2.45) is 5.92 Å². The van der Waals surface area contributed by atoms with Crippen LogP contribution in [0.1, 0.15) is 20.3 Å². The van der Waals surface area contributed by atoms with Gasteiger partial charge in [-0.05, 0) is 12.3 Å². The number of hydrogen-bond acceptors (Lipinski definition) is 2. The van der Waals surface area contributed by atoms with Crippen LogP contribution in [0.5, 0.6) is 0 Å². The lowest BCUT2D eigenvalue weighted by Gasteiger charge is -2.28. The predicted octanol–water partition coefficient (Wildman–Crippen LogP) is 1.00. The lowest BCUT2D eigenvalue weighted by Crippen LogP contribution is -2.40.